The molecule has 4 rings (SSSR count). The topological polar surface area (TPSA) is 90.5 Å². The first kappa shape index (κ1) is 19.1. The van der Waals surface area contributed by atoms with E-state index in [1.54, 1.807) is 22.4 Å². The van der Waals surface area contributed by atoms with Gasteiger partial charge in [-0.2, -0.15) is 0 Å². The van der Waals surface area contributed by atoms with Crippen molar-refractivity contribution in [3.05, 3.63) is 48.2 Å². The summed E-state index contributed by atoms with van der Waals surface area (Å²) in [4.78, 5) is 38.3. The van der Waals surface area contributed by atoms with Gasteiger partial charge in [-0.05, 0) is 36.8 Å². The number of carbonyl (C=O) groups excluding carboxylic acids is 2. The van der Waals surface area contributed by atoms with E-state index in [1.165, 1.54) is 0 Å². The quantitative estimate of drug-likeness (QED) is 0.690. The Kier molecular flexibility index (Phi) is 5.57. The first-order valence-electron chi connectivity index (χ1n) is 9.44. The molecule has 0 spiro atoms. The number of thiazole rings is 1. The van der Waals surface area contributed by atoms with E-state index in [4.69, 9.17) is 0 Å². The Labute approximate surface area is 172 Å². The zero-order valence-corrected chi connectivity index (χ0v) is 16.9. The molecule has 0 bridgehead atoms. The van der Waals surface area contributed by atoms with Crippen molar-refractivity contribution >= 4 is 44.4 Å². The van der Waals surface area contributed by atoms with Crippen LogP contribution >= 0.6 is 11.3 Å². The summed E-state index contributed by atoms with van der Waals surface area (Å²) < 4.78 is 0. The van der Waals surface area contributed by atoms with Crippen LogP contribution in [0.4, 0.5) is 15.6 Å². The molecule has 2 aromatic heterocycles. The third kappa shape index (κ3) is 4.62. The molecule has 3 amide bonds. The van der Waals surface area contributed by atoms with Gasteiger partial charge in [0.25, 0.3) is 0 Å². The number of nitrogens with one attached hydrogen (secondary N) is 2. The van der Waals surface area contributed by atoms with Gasteiger partial charge in [0.2, 0.25) is 5.91 Å². The van der Waals surface area contributed by atoms with Gasteiger partial charge in [0, 0.05) is 38.1 Å². The van der Waals surface area contributed by atoms with Crippen LogP contribution in [-0.4, -0.2) is 59.5 Å². The zero-order valence-electron chi connectivity index (χ0n) is 16.1. The van der Waals surface area contributed by atoms with Crippen molar-refractivity contribution in [1.82, 2.24) is 20.2 Å². The van der Waals surface area contributed by atoms with Crippen molar-refractivity contribution in [3.8, 4) is 0 Å². The van der Waals surface area contributed by atoms with E-state index in [0.29, 0.717) is 31.9 Å². The third-order valence-electron chi connectivity index (χ3n) is 4.73. The van der Waals surface area contributed by atoms with Gasteiger partial charge < -0.3 is 20.4 Å². The van der Waals surface area contributed by atoms with E-state index in [9.17, 15) is 9.59 Å². The Morgan fingerprint density at radius 3 is 2.72 bits per heavy atom. The monoisotopic (exact) mass is 410 g/mol. The lowest BCUT2D eigenvalue weighted by molar-refractivity contribution is -0.130. The molecular weight excluding hydrogens is 388 g/mol. The number of carbonyl (C=O) groups is 2. The summed E-state index contributed by atoms with van der Waals surface area (Å²) in [6.07, 6.45) is 1.77. The molecule has 3 aromatic rings. The molecule has 1 saturated heterocycles. The Bertz CT molecular complexity index is 995. The molecule has 1 aliphatic heterocycles. The molecule has 2 N–H and O–H groups in total. The lowest BCUT2D eigenvalue weighted by Gasteiger charge is -2.34. The molecule has 150 valence electrons. The number of hydrogen-bond acceptors (Lipinski definition) is 6. The fraction of sp³-hybridized carbons (Fsp3) is 0.300. The van der Waals surface area contributed by atoms with Crippen LogP contribution in [0.1, 0.15) is 5.56 Å². The molecule has 1 fully saturated rings. The average Bonchev–Trinajstić information content (AvgIpc) is 3.16. The minimum Gasteiger partial charge on any atom is -0.344 e. The van der Waals surface area contributed by atoms with Gasteiger partial charge in [-0.25, -0.2) is 14.8 Å². The van der Waals surface area contributed by atoms with Gasteiger partial charge in [-0.1, -0.05) is 23.5 Å². The predicted molar refractivity (Wildman–Crippen MR) is 114 cm³/mol. The number of aromatic nitrogens is 2. The fourth-order valence-electron chi connectivity index (χ4n) is 3.21. The summed E-state index contributed by atoms with van der Waals surface area (Å²) in [5.74, 6) is -0.0880. The molecule has 9 heteroatoms. The molecule has 0 atom stereocenters. The smallest absolute Gasteiger partial charge is 0.319 e. The first-order chi connectivity index (χ1) is 14.1. The van der Waals surface area contributed by atoms with Gasteiger partial charge in [-0.3, -0.25) is 4.79 Å². The minimum absolute atomic E-state index is 0.0251. The van der Waals surface area contributed by atoms with Crippen molar-refractivity contribution < 1.29 is 9.59 Å². The Hall–Kier alpha value is -3.20. The van der Waals surface area contributed by atoms with Gasteiger partial charge in [-0.15, -0.1) is 0 Å². The second-order valence-electron chi connectivity index (χ2n) is 6.87. The van der Waals surface area contributed by atoms with Crippen LogP contribution in [0, 0.1) is 6.92 Å². The summed E-state index contributed by atoms with van der Waals surface area (Å²) in [6, 6.07) is 11.0. The maximum atomic E-state index is 12.4. The number of anilines is 2. The molecule has 3 heterocycles. The predicted octanol–water partition coefficient (Wildman–Crippen LogP) is 2.47. The first-order valence-corrected chi connectivity index (χ1v) is 10.3. The number of hydrogen-bond donors (Lipinski definition) is 2. The normalized spacial score (nSPS) is 14.1. The van der Waals surface area contributed by atoms with E-state index in [0.717, 1.165) is 21.0 Å². The Morgan fingerprint density at radius 1 is 1.14 bits per heavy atom. The number of nitrogens with zero attached hydrogens (tertiary/aromatic N) is 4. The highest BCUT2D eigenvalue weighted by atomic mass is 32.1. The fourth-order valence-corrected chi connectivity index (χ4v) is 4.17. The molecule has 29 heavy (non-hydrogen) atoms. The molecule has 1 aliphatic rings. The Balaban J connectivity index is 1.25. The molecule has 0 aliphatic carbocycles. The van der Waals surface area contributed by atoms with Crippen LogP contribution in [0.15, 0.2) is 42.6 Å². The lowest BCUT2D eigenvalue weighted by atomic mass is 10.2. The van der Waals surface area contributed by atoms with E-state index >= 15 is 0 Å². The van der Waals surface area contributed by atoms with E-state index < -0.39 is 0 Å². The number of amides is 3. The number of pyridine rings is 1. The molecule has 0 radical (unpaired) electrons. The number of benzene rings is 1. The summed E-state index contributed by atoms with van der Waals surface area (Å²) >= 11 is 1.56. The van der Waals surface area contributed by atoms with Crippen molar-refractivity contribution in [2.75, 3.05) is 42.9 Å². The molecule has 0 saturated carbocycles. The molecule has 0 unspecified atom stereocenters. The summed E-state index contributed by atoms with van der Waals surface area (Å²) in [6.45, 7) is 4.55. The highest BCUT2D eigenvalue weighted by Crippen LogP contribution is 2.27. The zero-order chi connectivity index (χ0) is 20.2. The number of urea groups is 1. The summed E-state index contributed by atoms with van der Waals surface area (Å²) in [5, 5.41) is 6.31. The summed E-state index contributed by atoms with van der Waals surface area (Å²) in [5.41, 5.74) is 2.66. The molecular formula is C20H22N6O2S. The number of piperazine rings is 1. The van der Waals surface area contributed by atoms with E-state index in [-0.39, 0.29) is 18.5 Å². The van der Waals surface area contributed by atoms with Crippen LogP contribution < -0.4 is 15.5 Å². The van der Waals surface area contributed by atoms with E-state index in [2.05, 4.69) is 25.5 Å². The van der Waals surface area contributed by atoms with Gasteiger partial charge in [0.05, 0.1) is 6.54 Å². The van der Waals surface area contributed by atoms with Crippen LogP contribution in [0.2, 0.25) is 0 Å². The molecule has 1 aromatic carbocycles. The third-order valence-corrected chi connectivity index (χ3v) is 5.77. The minimum atomic E-state index is -0.385. The maximum absolute atomic E-state index is 12.4. The van der Waals surface area contributed by atoms with Crippen LogP contribution in [0.25, 0.3) is 10.3 Å². The largest absolute Gasteiger partial charge is 0.344 e. The highest BCUT2D eigenvalue weighted by Gasteiger charge is 2.23. The van der Waals surface area contributed by atoms with Gasteiger partial charge in [0.1, 0.15) is 10.3 Å². The second kappa shape index (κ2) is 8.44. The lowest BCUT2D eigenvalue weighted by Crippen LogP contribution is -2.51. The van der Waals surface area contributed by atoms with E-state index in [1.807, 2.05) is 43.3 Å². The van der Waals surface area contributed by atoms with Crippen LogP contribution in [0.3, 0.4) is 0 Å². The van der Waals surface area contributed by atoms with Crippen molar-refractivity contribution in [2.45, 2.75) is 6.92 Å². The Morgan fingerprint density at radius 2 is 1.97 bits per heavy atom. The molecule has 8 nitrogen and oxygen atoms in total. The maximum Gasteiger partial charge on any atom is 0.319 e. The SMILES string of the molecule is Cc1cccc(NC(=O)NCC(=O)N2CCN(c3nc4cccnc4s3)CC2)c1. The number of aryl methyl sites for hydroxylation is 1. The standard InChI is InChI=1S/C20H22N6O2S/c1-14-4-2-5-15(12-14)23-19(28)22-13-17(27)25-8-10-26(11-9-25)20-24-16-6-3-7-21-18(16)29-20/h2-7,12H,8-11,13H2,1H3,(H2,22,23,28). The second-order valence-corrected chi connectivity index (χ2v) is 7.83. The number of rotatable bonds is 4. The van der Waals surface area contributed by atoms with Crippen LogP contribution in [-0.2, 0) is 4.79 Å². The average molecular weight is 411 g/mol. The van der Waals surface area contributed by atoms with Crippen LogP contribution in [0.5, 0.6) is 0 Å². The van der Waals surface area contributed by atoms with Gasteiger partial charge >= 0.3 is 6.03 Å². The van der Waals surface area contributed by atoms with Crippen molar-refractivity contribution in [2.24, 2.45) is 0 Å². The summed E-state index contributed by atoms with van der Waals surface area (Å²) in [7, 11) is 0. The number of fused-ring (bicyclic) bond motifs is 1. The van der Waals surface area contributed by atoms with Gasteiger partial charge in [0.15, 0.2) is 5.13 Å². The van der Waals surface area contributed by atoms with Crippen molar-refractivity contribution in [3.63, 3.8) is 0 Å². The van der Waals surface area contributed by atoms with Crippen molar-refractivity contribution in [1.29, 1.82) is 0 Å². The highest BCUT2D eigenvalue weighted by molar-refractivity contribution is 7.21.